The molecule has 2 heterocycles. The molecule has 0 aliphatic heterocycles. The first-order valence-electron chi connectivity index (χ1n) is 12.1. The molecule has 204 valence electrons. The summed E-state index contributed by atoms with van der Waals surface area (Å²) in [5.41, 5.74) is 7.42. The summed E-state index contributed by atoms with van der Waals surface area (Å²) in [4.78, 5) is 25.7. The zero-order valence-corrected chi connectivity index (χ0v) is 22.6. The van der Waals surface area contributed by atoms with Crippen molar-refractivity contribution in [1.82, 2.24) is 19.7 Å². The number of halogens is 3. The van der Waals surface area contributed by atoms with Crippen molar-refractivity contribution in [1.29, 1.82) is 0 Å². The van der Waals surface area contributed by atoms with Crippen molar-refractivity contribution in [3.8, 4) is 17.0 Å². The minimum Gasteiger partial charge on any atom is -0.494 e. The Balaban J connectivity index is 1.54. The van der Waals surface area contributed by atoms with Gasteiger partial charge in [-0.2, -0.15) is 4.39 Å². The van der Waals surface area contributed by atoms with E-state index >= 15 is 0 Å². The molecule has 0 aliphatic carbocycles. The van der Waals surface area contributed by atoms with Crippen LogP contribution in [0.1, 0.15) is 31.1 Å². The third-order valence-electron chi connectivity index (χ3n) is 5.96. The number of methoxy groups -OCH3 is 1. The molecule has 0 bridgehead atoms. The second kappa shape index (κ2) is 11.6. The van der Waals surface area contributed by atoms with Gasteiger partial charge in [-0.1, -0.05) is 25.4 Å². The standard InChI is InChI=1S/C27H28ClF2N7O2/c1-14(2)24(31)33-12-15(3)35-27(38)17-6-5-16(11-19(17)28)36-25-26-34-13-20(37(26)10-9-32-25)18-7-8-21(39-4)23(30)22(18)29/h5-11,13-15H,12H2,1-4H3,(H2,31,33)(H,32,36)(H,35,38). The number of aromatic nitrogens is 3. The molecule has 4 rings (SSSR count). The highest BCUT2D eigenvalue weighted by molar-refractivity contribution is 6.34. The molecular weight excluding hydrogens is 528 g/mol. The predicted molar refractivity (Wildman–Crippen MR) is 148 cm³/mol. The van der Waals surface area contributed by atoms with Gasteiger partial charge in [0, 0.05) is 35.6 Å². The van der Waals surface area contributed by atoms with Crippen LogP contribution in [0.2, 0.25) is 5.02 Å². The first-order chi connectivity index (χ1) is 18.6. The highest BCUT2D eigenvalue weighted by Crippen LogP contribution is 2.32. The maximum atomic E-state index is 14.7. The fraction of sp³-hybridized carbons (Fsp3) is 0.259. The number of carbonyl (C=O) groups excluding carboxylic acids is 1. The van der Waals surface area contributed by atoms with Gasteiger partial charge in [0.05, 0.1) is 42.0 Å². The minimum absolute atomic E-state index is 0.0168. The molecule has 0 spiro atoms. The summed E-state index contributed by atoms with van der Waals surface area (Å²) in [5, 5.41) is 6.20. The zero-order chi connectivity index (χ0) is 28.3. The number of rotatable bonds is 9. The van der Waals surface area contributed by atoms with E-state index in [0.29, 0.717) is 40.8 Å². The van der Waals surface area contributed by atoms with Crippen LogP contribution in [-0.4, -0.2) is 45.8 Å². The maximum absolute atomic E-state index is 14.7. The Labute approximate surface area is 229 Å². The topological polar surface area (TPSA) is 119 Å². The lowest BCUT2D eigenvalue weighted by molar-refractivity contribution is 0.0941. The molecule has 2 aromatic carbocycles. The lowest BCUT2D eigenvalue weighted by atomic mass is 10.1. The van der Waals surface area contributed by atoms with Crippen LogP contribution in [0.4, 0.5) is 20.3 Å². The number of anilines is 2. The smallest absolute Gasteiger partial charge is 0.253 e. The highest BCUT2D eigenvalue weighted by Gasteiger charge is 2.20. The third-order valence-corrected chi connectivity index (χ3v) is 6.28. The molecule has 12 heteroatoms. The second-order valence-electron chi connectivity index (χ2n) is 9.17. The first-order valence-corrected chi connectivity index (χ1v) is 12.5. The van der Waals surface area contributed by atoms with Gasteiger partial charge < -0.3 is 21.1 Å². The SMILES string of the molecule is COc1ccc(-c2cnc3c(Nc4ccc(C(=O)NC(C)CN=C(N)C(C)C)c(Cl)c4)nccn23)c(F)c1F. The van der Waals surface area contributed by atoms with Gasteiger partial charge in [0.25, 0.3) is 5.91 Å². The van der Waals surface area contributed by atoms with Crippen LogP contribution in [0.5, 0.6) is 5.75 Å². The van der Waals surface area contributed by atoms with Crippen LogP contribution in [-0.2, 0) is 0 Å². The normalized spacial score (nSPS) is 12.6. The van der Waals surface area contributed by atoms with Crippen molar-refractivity contribution in [2.24, 2.45) is 16.6 Å². The average molecular weight is 556 g/mol. The summed E-state index contributed by atoms with van der Waals surface area (Å²) in [6, 6.07) is 7.37. The fourth-order valence-corrected chi connectivity index (χ4v) is 4.05. The van der Waals surface area contributed by atoms with E-state index in [-0.39, 0.29) is 34.2 Å². The largest absolute Gasteiger partial charge is 0.494 e. The Hall–Kier alpha value is -4.25. The molecule has 39 heavy (non-hydrogen) atoms. The Kier molecular flexibility index (Phi) is 8.29. The molecule has 4 aromatic rings. The van der Waals surface area contributed by atoms with Crippen LogP contribution >= 0.6 is 11.6 Å². The molecule has 0 radical (unpaired) electrons. The fourth-order valence-electron chi connectivity index (χ4n) is 3.78. The number of hydrogen-bond donors (Lipinski definition) is 3. The van der Waals surface area contributed by atoms with E-state index in [4.69, 9.17) is 22.1 Å². The van der Waals surface area contributed by atoms with Crippen molar-refractivity contribution in [2.45, 2.75) is 26.8 Å². The van der Waals surface area contributed by atoms with Gasteiger partial charge in [0.2, 0.25) is 5.82 Å². The van der Waals surface area contributed by atoms with Crippen molar-refractivity contribution in [3.63, 3.8) is 0 Å². The lowest BCUT2D eigenvalue weighted by Crippen LogP contribution is -2.35. The second-order valence-corrected chi connectivity index (χ2v) is 9.58. The number of imidazole rings is 1. The van der Waals surface area contributed by atoms with Crippen LogP contribution in [0, 0.1) is 17.6 Å². The third kappa shape index (κ3) is 5.93. The Morgan fingerprint density at radius 2 is 1.95 bits per heavy atom. The van der Waals surface area contributed by atoms with E-state index in [0.717, 1.165) is 0 Å². The molecule has 0 aliphatic rings. The van der Waals surface area contributed by atoms with Crippen molar-refractivity contribution in [2.75, 3.05) is 19.0 Å². The van der Waals surface area contributed by atoms with Crippen molar-refractivity contribution >= 4 is 40.5 Å². The molecule has 4 N–H and O–H groups in total. The molecule has 1 unspecified atom stereocenters. The highest BCUT2D eigenvalue weighted by atomic mass is 35.5. The minimum atomic E-state index is -1.09. The van der Waals surface area contributed by atoms with Crippen molar-refractivity contribution in [3.05, 3.63) is 71.1 Å². The van der Waals surface area contributed by atoms with Gasteiger partial charge in [-0.05, 0) is 37.3 Å². The van der Waals surface area contributed by atoms with Crippen LogP contribution in [0.25, 0.3) is 16.9 Å². The monoisotopic (exact) mass is 555 g/mol. The lowest BCUT2D eigenvalue weighted by Gasteiger charge is -2.14. The number of nitrogens with two attached hydrogens (primary N) is 1. The van der Waals surface area contributed by atoms with E-state index < -0.39 is 11.6 Å². The van der Waals surface area contributed by atoms with Gasteiger partial charge >= 0.3 is 0 Å². The van der Waals surface area contributed by atoms with E-state index in [1.165, 1.54) is 31.6 Å². The van der Waals surface area contributed by atoms with Crippen LogP contribution in [0.3, 0.4) is 0 Å². The molecule has 1 atom stereocenters. The maximum Gasteiger partial charge on any atom is 0.253 e. The van der Waals surface area contributed by atoms with Gasteiger partial charge in [-0.3, -0.25) is 14.2 Å². The van der Waals surface area contributed by atoms with E-state index in [2.05, 4.69) is 25.6 Å². The van der Waals surface area contributed by atoms with Crippen LogP contribution in [0.15, 0.2) is 53.9 Å². The van der Waals surface area contributed by atoms with Gasteiger partial charge in [0.15, 0.2) is 23.0 Å². The molecule has 9 nitrogen and oxygen atoms in total. The van der Waals surface area contributed by atoms with E-state index in [1.807, 2.05) is 20.8 Å². The molecule has 0 saturated carbocycles. The van der Waals surface area contributed by atoms with E-state index in [1.54, 1.807) is 28.8 Å². The zero-order valence-electron chi connectivity index (χ0n) is 21.8. The average Bonchev–Trinajstić information content (AvgIpc) is 3.33. The molecule has 0 saturated heterocycles. The summed E-state index contributed by atoms with van der Waals surface area (Å²) < 4.78 is 35.5. The van der Waals surface area contributed by atoms with Gasteiger partial charge in [0.1, 0.15) is 0 Å². The quantitative estimate of drug-likeness (QED) is 0.193. The van der Waals surface area contributed by atoms with Crippen molar-refractivity contribution < 1.29 is 18.3 Å². The molecule has 1 amide bonds. The number of nitrogens with zero attached hydrogens (tertiary/aromatic N) is 4. The number of benzene rings is 2. The molecular formula is C27H28ClF2N7O2. The Morgan fingerprint density at radius 3 is 2.64 bits per heavy atom. The van der Waals surface area contributed by atoms with Gasteiger partial charge in [-0.15, -0.1) is 0 Å². The number of amides is 1. The number of ether oxygens (including phenoxy) is 1. The number of fused-ring (bicyclic) bond motifs is 1. The summed E-state index contributed by atoms with van der Waals surface area (Å²) in [5.74, 6) is -1.67. The van der Waals surface area contributed by atoms with Gasteiger partial charge in [-0.25, -0.2) is 14.4 Å². The number of aliphatic imine (C=N–C) groups is 1. The number of carbonyl (C=O) groups is 1. The Bertz CT molecular complexity index is 1550. The molecule has 0 fully saturated rings. The summed E-state index contributed by atoms with van der Waals surface area (Å²) in [6.45, 7) is 6.07. The number of amidine groups is 1. The summed E-state index contributed by atoms with van der Waals surface area (Å²) >= 11 is 6.43. The Morgan fingerprint density at radius 1 is 1.18 bits per heavy atom. The summed E-state index contributed by atoms with van der Waals surface area (Å²) in [6.07, 6.45) is 4.51. The number of hydrogen-bond acceptors (Lipinski definition) is 6. The van der Waals surface area contributed by atoms with Crippen LogP contribution < -0.4 is 21.1 Å². The van der Waals surface area contributed by atoms with E-state index in [9.17, 15) is 13.6 Å². The predicted octanol–water partition coefficient (Wildman–Crippen LogP) is 5.21. The first kappa shape index (κ1) is 27.8. The summed E-state index contributed by atoms with van der Waals surface area (Å²) in [7, 11) is 1.27. The molecule has 2 aromatic heterocycles. The number of nitrogens with one attached hydrogen (secondary N) is 2.